The summed E-state index contributed by atoms with van der Waals surface area (Å²) in [5, 5.41) is 3.83. The minimum atomic E-state index is -3.73. The predicted octanol–water partition coefficient (Wildman–Crippen LogP) is 0.155. The number of rotatable bonds is 5. The summed E-state index contributed by atoms with van der Waals surface area (Å²) in [6.45, 7) is 1.86. The van der Waals surface area contributed by atoms with Gasteiger partial charge in [-0.05, 0) is 6.42 Å². The predicted molar refractivity (Wildman–Crippen MR) is 69.6 cm³/mol. The molecule has 0 amide bonds. The van der Waals surface area contributed by atoms with E-state index in [1.807, 2.05) is 6.92 Å². The standard InChI is InChI=1S/C10H16N6O2S/c1-3-7(10-12-4-5-13-10)15-19(17,18)8-6-16(2)14-9(8)11/h4-7,15H,3H2,1-2H3,(H2,11,14)(H,12,13). The van der Waals surface area contributed by atoms with Crippen molar-refractivity contribution in [1.29, 1.82) is 0 Å². The van der Waals surface area contributed by atoms with Gasteiger partial charge in [0.1, 0.15) is 10.7 Å². The van der Waals surface area contributed by atoms with Gasteiger partial charge in [0, 0.05) is 25.6 Å². The van der Waals surface area contributed by atoms with E-state index in [-0.39, 0.29) is 10.7 Å². The first kappa shape index (κ1) is 13.6. The van der Waals surface area contributed by atoms with Crippen molar-refractivity contribution in [2.75, 3.05) is 5.73 Å². The van der Waals surface area contributed by atoms with Crippen LogP contribution in [0.2, 0.25) is 0 Å². The van der Waals surface area contributed by atoms with Crippen LogP contribution >= 0.6 is 0 Å². The van der Waals surface area contributed by atoms with Crippen molar-refractivity contribution in [2.45, 2.75) is 24.3 Å². The Morgan fingerprint density at radius 2 is 2.32 bits per heavy atom. The quantitative estimate of drug-likeness (QED) is 0.722. The molecule has 0 aromatic carbocycles. The molecule has 0 saturated heterocycles. The SMILES string of the molecule is CCC(NS(=O)(=O)c1cn(C)nc1N)c1ncc[nH]1. The fraction of sp³-hybridized carbons (Fsp3) is 0.400. The number of anilines is 1. The number of nitrogens with two attached hydrogens (primary N) is 1. The first-order chi connectivity index (χ1) is 8.94. The molecular weight excluding hydrogens is 268 g/mol. The van der Waals surface area contributed by atoms with Crippen LogP contribution in [0, 0.1) is 0 Å². The number of hydrogen-bond acceptors (Lipinski definition) is 5. The molecule has 0 aliphatic heterocycles. The first-order valence-corrected chi connectivity index (χ1v) is 7.23. The van der Waals surface area contributed by atoms with E-state index < -0.39 is 16.1 Å². The lowest BCUT2D eigenvalue weighted by molar-refractivity contribution is 0.539. The monoisotopic (exact) mass is 284 g/mol. The summed E-state index contributed by atoms with van der Waals surface area (Å²) in [4.78, 5) is 6.92. The maximum absolute atomic E-state index is 12.2. The number of nitrogens with zero attached hydrogens (tertiary/aromatic N) is 3. The Balaban J connectivity index is 2.28. The van der Waals surface area contributed by atoms with Crippen LogP contribution in [0.3, 0.4) is 0 Å². The lowest BCUT2D eigenvalue weighted by Crippen LogP contribution is -2.29. The Morgan fingerprint density at radius 3 is 2.79 bits per heavy atom. The van der Waals surface area contributed by atoms with Gasteiger partial charge in [0.05, 0.1) is 6.04 Å². The molecule has 1 unspecified atom stereocenters. The molecule has 0 saturated carbocycles. The number of nitrogens with one attached hydrogen (secondary N) is 2. The molecule has 0 aliphatic carbocycles. The summed E-state index contributed by atoms with van der Waals surface area (Å²) < 4.78 is 28.4. The molecule has 2 aromatic rings. The smallest absolute Gasteiger partial charge is 0.246 e. The highest BCUT2D eigenvalue weighted by Crippen LogP contribution is 2.20. The molecule has 2 rings (SSSR count). The highest BCUT2D eigenvalue weighted by molar-refractivity contribution is 7.89. The lowest BCUT2D eigenvalue weighted by atomic mass is 10.2. The molecule has 0 radical (unpaired) electrons. The second kappa shape index (κ2) is 5.02. The number of hydrogen-bond donors (Lipinski definition) is 3. The van der Waals surface area contributed by atoms with E-state index in [1.165, 1.54) is 10.9 Å². The molecule has 104 valence electrons. The van der Waals surface area contributed by atoms with Crippen LogP contribution in [-0.4, -0.2) is 28.2 Å². The van der Waals surface area contributed by atoms with E-state index in [0.29, 0.717) is 12.2 Å². The highest BCUT2D eigenvalue weighted by Gasteiger charge is 2.25. The average Bonchev–Trinajstić information content (AvgIpc) is 2.96. The van der Waals surface area contributed by atoms with Gasteiger partial charge in [-0.2, -0.15) is 5.10 Å². The van der Waals surface area contributed by atoms with Crippen LogP contribution in [0.5, 0.6) is 0 Å². The van der Waals surface area contributed by atoms with Gasteiger partial charge in [0.2, 0.25) is 10.0 Å². The fourth-order valence-corrected chi connectivity index (χ4v) is 3.13. The number of aromatic nitrogens is 4. The fourth-order valence-electron chi connectivity index (χ4n) is 1.74. The number of aromatic amines is 1. The maximum atomic E-state index is 12.2. The Morgan fingerprint density at radius 1 is 1.58 bits per heavy atom. The minimum absolute atomic E-state index is 0.0238. The number of nitrogen functional groups attached to an aromatic ring is 1. The lowest BCUT2D eigenvalue weighted by Gasteiger charge is -2.14. The van der Waals surface area contributed by atoms with Crippen molar-refractivity contribution >= 4 is 15.8 Å². The summed E-state index contributed by atoms with van der Waals surface area (Å²) >= 11 is 0. The van der Waals surface area contributed by atoms with Gasteiger partial charge < -0.3 is 10.7 Å². The van der Waals surface area contributed by atoms with Crippen LogP contribution in [0.4, 0.5) is 5.82 Å². The molecule has 0 aliphatic rings. The van der Waals surface area contributed by atoms with Gasteiger partial charge in [-0.3, -0.25) is 4.68 Å². The van der Waals surface area contributed by atoms with Crippen LogP contribution < -0.4 is 10.5 Å². The Bertz CT molecular complexity index is 646. The summed E-state index contributed by atoms with van der Waals surface area (Å²) in [5.74, 6) is 0.540. The van der Waals surface area contributed by atoms with Gasteiger partial charge in [-0.1, -0.05) is 6.92 Å². The zero-order chi connectivity index (χ0) is 14.0. The number of aryl methyl sites for hydroxylation is 1. The van der Waals surface area contributed by atoms with Crippen molar-refractivity contribution in [2.24, 2.45) is 7.05 Å². The number of imidazole rings is 1. The molecule has 0 spiro atoms. The number of H-pyrrole nitrogens is 1. The Kier molecular flexibility index (Phi) is 3.58. The van der Waals surface area contributed by atoms with Crippen LogP contribution in [0.25, 0.3) is 0 Å². The zero-order valence-corrected chi connectivity index (χ0v) is 11.5. The molecule has 1 atom stereocenters. The molecule has 8 nitrogen and oxygen atoms in total. The summed E-state index contributed by atoms with van der Waals surface area (Å²) in [5.41, 5.74) is 5.59. The van der Waals surface area contributed by atoms with Crippen molar-refractivity contribution in [3.63, 3.8) is 0 Å². The normalized spacial score (nSPS) is 13.6. The van der Waals surface area contributed by atoms with Gasteiger partial charge >= 0.3 is 0 Å². The van der Waals surface area contributed by atoms with Crippen molar-refractivity contribution < 1.29 is 8.42 Å². The number of sulfonamides is 1. The Hall–Kier alpha value is -1.87. The van der Waals surface area contributed by atoms with Crippen LogP contribution in [0.1, 0.15) is 25.2 Å². The van der Waals surface area contributed by atoms with E-state index in [9.17, 15) is 8.42 Å². The summed E-state index contributed by atoms with van der Waals surface area (Å²) in [7, 11) is -2.12. The third-order valence-corrected chi connectivity index (χ3v) is 4.16. The summed E-state index contributed by atoms with van der Waals surface area (Å²) in [6.07, 6.45) is 5.15. The first-order valence-electron chi connectivity index (χ1n) is 5.74. The molecule has 4 N–H and O–H groups in total. The van der Waals surface area contributed by atoms with E-state index >= 15 is 0 Å². The van der Waals surface area contributed by atoms with Gasteiger partial charge in [0.15, 0.2) is 5.82 Å². The van der Waals surface area contributed by atoms with Crippen LogP contribution in [0.15, 0.2) is 23.5 Å². The van der Waals surface area contributed by atoms with Crippen molar-refractivity contribution in [3.05, 3.63) is 24.4 Å². The third kappa shape index (κ3) is 2.76. The second-order valence-corrected chi connectivity index (χ2v) is 5.79. The zero-order valence-electron chi connectivity index (χ0n) is 10.7. The minimum Gasteiger partial charge on any atom is -0.381 e. The maximum Gasteiger partial charge on any atom is 0.246 e. The van der Waals surface area contributed by atoms with E-state index in [0.717, 1.165) is 0 Å². The van der Waals surface area contributed by atoms with Gasteiger partial charge in [-0.25, -0.2) is 18.1 Å². The van der Waals surface area contributed by atoms with E-state index in [2.05, 4.69) is 19.8 Å². The van der Waals surface area contributed by atoms with Crippen LogP contribution in [-0.2, 0) is 17.1 Å². The molecule has 9 heteroatoms. The summed E-state index contributed by atoms with van der Waals surface area (Å²) in [6, 6.07) is -0.431. The molecular formula is C10H16N6O2S. The highest BCUT2D eigenvalue weighted by atomic mass is 32.2. The Labute approximate surface area is 111 Å². The van der Waals surface area contributed by atoms with Gasteiger partial charge in [0.25, 0.3) is 0 Å². The molecule has 0 bridgehead atoms. The third-order valence-electron chi connectivity index (χ3n) is 2.67. The van der Waals surface area contributed by atoms with E-state index in [1.54, 1.807) is 19.4 Å². The topological polar surface area (TPSA) is 119 Å². The largest absolute Gasteiger partial charge is 0.381 e. The average molecular weight is 284 g/mol. The molecule has 2 heterocycles. The van der Waals surface area contributed by atoms with E-state index in [4.69, 9.17) is 5.73 Å². The second-order valence-electron chi connectivity index (χ2n) is 4.11. The van der Waals surface area contributed by atoms with Crippen molar-refractivity contribution in [1.82, 2.24) is 24.5 Å². The molecule has 19 heavy (non-hydrogen) atoms. The molecule has 2 aromatic heterocycles. The van der Waals surface area contributed by atoms with Crippen molar-refractivity contribution in [3.8, 4) is 0 Å². The van der Waals surface area contributed by atoms with Gasteiger partial charge in [-0.15, -0.1) is 0 Å². The molecule has 0 fully saturated rings.